The highest BCUT2D eigenvalue weighted by Crippen LogP contribution is 2.43. The van der Waals surface area contributed by atoms with Crippen LogP contribution in [0.15, 0.2) is 24.3 Å². The first-order valence-corrected chi connectivity index (χ1v) is 8.38. The van der Waals surface area contributed by atoms with Gasteiger partial charge in [0.15, 0.2) is 0 Å². The molecular formula is C18H26N2O3. The van der Waals surface area contributed by atoms with Crippen molar-refractivity contribution in [1.29, 1.82) is 0 Å². The van der Waals surface area contributed by atoms with Gasteiger partial charge in [0, 0.05) is 25.3 Å². The summed E-state index contributed by atoms with van der Waals surface area (Å²) < 4.78 is 5.52. The van der Waals surface area contributed by atoms with E-state index in [1.807, 2.05) is 19.1 Å². The van der Waals surface area contributed by atoms with Crippen LogP contribution in [0, 0.1) is 11.3 Å². The summed E-state index contributed by atoms with van der Waals surface area (Å²) in [7, 11) is 0. The number of fused-ring (bicyclic) bond motifs is 4. The number of carboxylic acid groups (broad SMARTS) is 1. The van der Waals surface area contributed by atoms with Crippen LogP contribution in [-0.2, 0) is 0 Å². The monoisotopic (exact) mass is 318 g/mol. The molecule has 3 aliphatic heterocycles. The zero-order valence-corrected chi connectivity index (χ0v) is 14.2. The van der Waals surface area contributed by atoms with Gasteiger partial charge < -0.3 is 19.6 Å². The smallest absolute Gasteiger partial charge is 0.407 e. The van der Waals surface area contributed by atoms with Gasteiger partial charge in [-0.3, -0.25) is 0 Å². The molecule has 0 aliphatic carbocycles. The van der Waals surface area contributed by atoms with Gasteiger partial charge in [0.25, 0.3) is 0 Å². The second-order valence-corrected chi connectivity index (χ2v) is 7.34. The molecule has 3 saturated heterocycles. The van der Waals surface area contributed by atoms with Gasteiger partial charge >= 0.3 is 6.09 Å². The molecule has 0 radical (unpaired) electrons. The van der Waals surface area contributed by atoms with Crippen LogP contribution in [0.5, 0.6) is 5.75 Å². The molecule has 1 N–H and O–H groups in total. The van der Waals surface area contributed by atoms with Crippen molar-refractivity contribution >= 4 is 11.8 Å². The van der Waals surface area contributed by atoms with Gasteiger partial charge in [-0.15, -0.1) is 0 Å². The van der Waals surface area contributed by atoms with Crippen LogP contribution in [0.4, 0.5) is 10.5 Å². The summed E-state index contributed by atoms with van der Waals surface area (Å²) in [5.41, 5.74) is 1.26. The molecule has 2 atom stereocenters. The van der Waals surface area contributed by atoms with Crippen LogP contribution in [0.1, 0.15) is 27.2 Å². The molecule has 1 amide bonds. The Labute approximate surface area is 137 Å². The number of anilines is 1. The maximum atomic E-state index is 11.5. The van der Waals surface area contributed by atoms with Gasteiger partial charge in [-0.25, -0.2) is 4.79 Å². The van der Waals surface area contributed by atoms with Crippen LogP contribution in [0.3, 0.4) is 0 Å². The maximum absolute atomic E-state index is 11.5. The van der Waals surface area contributed by atoms with E-state index in [9.17, 15) is 9.90 Å². The third-order valence-electron chi connectivity index (χ3n) is 5.17. The Morgan fingerprint density at radius 1 is 1.26 bits per heavy atom. The molecule has 3 fully saturated rings. The molecule has 5 heteroatoms. The fraction of sp³-hybridized carbons (Fsp3) is 0.611. The lowest BCUT2D eigenvalue weighted by atomic mass is 9.73. The van der Waals surface area contributed by atoms with E-state index >= 15 is 0 Å². The molecule has 0 spiro atoms. The van der Waals surface area contributed by atoms with Crippen LogP contribution in [-0.4, -0.2) is 48.4 Å². The van der Waals surface area contributed by atoms with E-state index in [2.05, 4.69) is 30.9 Å². The number of hydrogen-bond acceptors (Lipinski definition) is 3. The predicted molar refractivity (Wildman–Crippen MR) is 90.2 cm³/mol. The molecule has 23 heavy (non-hydrogen) atoms. The topological polar surface area (TPSA) is 53.0 Å². The number of amides is 1. The molecular weight excluding hydrogens is 292 g/mol. The molecule has 4 rings (SSSR count). The van der Waals surface area contributed by atoms with Crippen molar-refractivity contribution in [2.24, 2.45) is 11.3 Å². The van der Waals surface area contributed by atoms with Gasteiger partial charge in [-0.2, -0.15) is 0 Å². The number of ether oxygens (including phenoxy) is 1. The first kappa shape index (κ1) is 16.0. The van der Waals surface area contributed by atoms with Gasteiger partial charge in [0.05, 0.1) is 12.6 Å². The van der Waals surface area contributed by atoms with Crippen molar-refractivity contribution in [2.45, 2.75) is 33.2 Å². The third kappa shape index (κ3) is 3.09. The van der Waals surface area contributed by atoms with Crippen LogP contribution in [0.25, 0.3) is 0 Å². The summed E-state index contributed by atoms with van der Waals surface area (Å²) in [5, 5.41) is 9.44. The Bertz CT molecular complexity index is 570. The maximum Gasteiger partial charge on any atom is 0.407 e. The molecule has 0 saturated carbocycles. The summed E-state index contributed by atoms with van der Waals surface area (Å²) in [6.07, 6.45) is 0.279. The van der Waals surface area contributed by atoms with E-state index < -0.39 is 6.09 Å². The lowest BCUT2D eigenvalue weighted by Crippen LogP contribution is -2.54. The van der Waals surface area contributed by atoms with Crippen molar-refractivity contribution in [3.8, 4) is 5.75 Å². The first-order valence-electron chi connectivity index (χ1n) is 8.38. The predicted octanol–water partition coefficient (Wildman–Crippen LogP) is 3.30. The van der Waals surface area contributed by atoms with E-state index in [1.165, 1.54) is 0 Å². The first-order chi connectivity index (χ1) is 10.9. The molecule has 0 unspecified atom stereocenters. The number of piperidine rings is 1. The van der Waals surface area contributed by atoms with E-state index in [0.717, 1.165) is 24.4 Å². The van der Waals surface area contributed by atoms with Crippen molar-refractivity contribution in [2.75, 3.05) is 31.1 Å². The summed E-state index contributed by atoms with van der Waals surface area (Å²) >= 11 is 0. The second-order valence-electron chi connectivity index (χ2n) is 7.34. The number of benzene rings is 1. The minimum atomic E-state index is -0.800. The third-order valence-corrected chi connectivity index (χ3v) is 5.17. The van der Waals surface area contributed by atoms with Crippen molar-refractivity contribution in [1.82, 2.24) is 4.90 Å². The van der Waals surface area contributed by atoms with Gasteiger partial charge in [-0.1, -0.05) is 13.8 Å². The quantitative estimate of drug-likeness (QED) is 0.929. The largest absolute Gasteiger partial charge is 0.494 e. The Hall–Kier alpha value is -1.91. The summed E-state index contributed by atoms with van der Waals surface area (Å²) in [5.74, 6) is 1.26. The van der Waals surface area contributed by atoms with Gasteiger partial charge in [-0.05, 0) is 48.9 Å². The normalized spacial score (nSPS) is 26.0. The fourth-order valence-corrected chi connectivity index (χ4v) is 4.18. The Morgan fingerprint density at radius 2 is 1.96 bits per heavy atom. The minimum absolute atomic E-state index is 0.103. The molecule has 5 nitrogen and oxygen atoms in total. The SMILES string of the molecule is CCOc1ccc(N2C[C@H]3CN(C(=O)O)C[C@@H]2C(C)(C)C3)cc1. The Morgan fingerprint density at radius 3 is 2.57 bits per heavy atom. The summed E-state index contributed by atoms with van der Waals surface area (Å²) in [6.45, 7) is 9.30. The number of rotatable bonds is 3. The van der Waals surface area contributed by atoms with Crippen LogP contribution < -0.4 is 9.64 Å². The van der Waals surface area contributed by atoms with Crippen LogP contribution in [0.2, 0.25) is 0 Å². The average molecular weight is 318 g/mol. The molecule has 3 aliphatic rings. The molecule has 3 heterocycles. The van der Waals surface area contributed by atoms with Crippen molar-refractivity contribution in [3.63, 3.8) is 0 Å². The number of hydrogen-bond donors (Lipinski definition) is 1. The zero-order valence-electron chi connectivity index (χ0n) is 14.2. The molecule has 1 aromatic rings. The molecule has 2 bridgehead atoms. The highest BCUT2D eigenvalue weighted by atomic mass is 16.5. The van der Waals surface area contributed by atoms with Gasteiger partial charge in [0.1, 0.15) is 5.75 Å². The fourth-order valence-electron chi connectivity index (χ4n) is 4.18. The van der Waals surface area contributed by atoms with Crippen molar-refractivity contribution < 1.29 is 14.6 Å². The van der Waals surface area contributed by atoms with E-state index in [1.54, 1.807) is 4.90 Å². The Kier molecular flexibility index (Phi) is 4.13. The minimum Gasteiger partial charge on any atom is -0.494 e. The van der Waals surface area contributed by atoms with Crippen LogP contribution >= 0.6 is 0 Å². The lowest BCUT2D eigenvalue weighted by Gasteiger charge is -2.48. The second kappa shape index (κ2) is 5.95. The molecule has 1 aromatic carbocycles. The summed E-state index contributed by atoms with van der Waals surface area (Å²) in [6, 6.07) is 8.38. The van der Waals surface area contributed by atoms with E-state index in [0.29, 0.717) is 25.6 Å². The summed E-state index contributed by atoms with van der Waals surface area (Å²) in [4.78, 5) is 15.5. The Balaban J connectivity index is 1.88. The van der Waals surface area contributed by atoms with Gasteiger partial charge in [0.2, 0.25) is 0 Å². The molecule has 126 valence electrons. The number of nitrogens with zero attached hydrogens (tertiary/aromatic N) is 2. The average Bonchev–Trinajstić information content (AvgIpc) is 2.75. The number of carbonyl (C=O) groups is 1. The zero-order chi connectivity index (χ0) is 16.6. The molecule has 0 aromatic heterocycles. The standard InChI is InChI=1S/C18H26N2O3/c1-4-23-15-7-5-14(6-8-15)20-11-13-9-18(2,3)16(20)12-19(10-13)17(21)22/h5-8,13,16H,4,9-12H2,1-3H3,(H,21,22)/t13-,16-/m1/s1. The van der Waals surface area contributed by atoms with E-state index in [-0.39, 0.29) is 11.5 Å². The lowest BCUT2D eigenvalue weighted by molar-refractivity contribution is 0.142. The van der Waals surface area contributed by atoms with Crippen molar-refractivity contribution in [3.05, 3.63) is 24.3 Å². The highest BCUT2D eigenvalue weighted by molar-refractivity contribution is 5.65. The van der Waals surface area contributed by atoms with E-state index in [4.69, 9.17) is 4.74 Å². The highest BCUT2D eigenvalue weighted by Gasteiger charge is 2.46.